The lowest BCUT2D eigenvalue weighted by Gasteiger charge is -2.07. The first-order chi connectivity index (χ1) is 9.03. The van der Waals surface area contributed by atoms with E-state index in [2.05, 4.69) is 24.7 Å². The van der Waals surface area contributed by atoms with E-state index in [-0.39, 0.29) is 16.5 Å². The summed E-state index contributed by atoms with van der Waals surface area (Å²) in [6.07, 6.45) is 2.59. The minimum Gasteiger partial charge on any atom is -0.372 e. The van der Waals surface area contributed by atoms with Crippen molar-refractivity contribution in [3.05, 3.63) is 35.3 Å². The topological polar surface area (TPSA) is 97.1 Å². The van der Waals surface area contributed by atoms with Gasteiger partial charge in [-0.3, -0.25) is 0 Å². The molecule has 0 fully saturated rings. The lowest BCUT2D eigenvalue weighted by molar-refractivity contribution is 0.411. The van der Waals surface area contributed by atoms with E-state index in [1.807, 2.05) is 0 Å². The number of rotatable bonds is 5. The first kappa shape index (κ1) is 13.8. The summed E-state index contributed by atoms with van der Waals surface area (Å²) in [5.74, 6) is 0.414. The second-order valence-electron chi connectivity index (χ2n) is 3.57. The largest absolute Gasteiger partial charge is 0.372 e. The molecule has 0 bridgehead atoms. The van der Waals surface area contributed by atoms with Gasteiger partial charge in [-0.15, -0.1) is 0 Å². The highest BCUT2D eigenvalue weighted by Crippen LogP contribution is 2.21. The number of pyridine rings is 1. The zero-order valence-corrected chi connectivity index (χ0v) is 11.5. The molecule has 2 aromatic heterocycles. The van der Waals surface area contributed by atoms with Gasteiger partial charge in [0.2, 0.25) is 10.0 Å². The van der Waals surface area contributed by atoms with Gasteiger partial charge in [-0.1, -0.05) is 16.8 Å². The molecule has 0 spiro atoms. The van der Waals surface area contributed by atoms with Crippen molar-refractivity contribution in [2.75, 3.05) is 12.4 Å². The Hall–Kier alpha value is -1.64. The van der Waals surface area contributed by atoms with Gasteiger partial charge in [-0.2, -0.15) is 0 Å². The summed E-state index contributed by atoms with van der Waals surface area (Å²) in [4.78, 5) is 3.90. The van der Waals surface area contributed by atoms with Crippen LogP contribution in [0.5, 0.6) is 0 Å². The lowest BCUT2D eigenvalue weighted by Crippen LogP contribution is -2.23. The standard InChI is InChI=1S/C10H11ClN4O3S/c1-12-10-9(11)4-8(6-13-10)19(16,17)14-5-7-2-3-18-15-7/h2-4,6,14H,5H2,1H3,(H,12,13). The number of anilines is 1. The number of nitrogens with zero attached hydrogens (tertiary/aromatic N) is 2. The molecule has 2 rings (SSSR count). The summed E-state index contributed by atoms with van der Waals surface area (Å²) < 4.78 is 31.0. The fraction of sp³-hybridized carbons (Fsp3) is 0.200. The highest BCUT2D eigenvalue weighted by Gasteiger charge is 2.16. The monoisotopic (exact) mass is 302 g/mol. The molecule has 0 amide bonds. The molecular formula is C10H11ClN4O3S. The maximum absolute atomic E-state index is 12.0. The molecule has 0 aliphatic rings. The first-order valence-corrected chi connectivity index (χ1v) is 7.11. The number of aromatic nitrogens is 2. The van der Waals surface area contributed by atoms with Crippen molar-refractivity contribution in [3.63, 3.8) is 0 Å². The zero-order chi connectivity index (χ0) is 13.9. The SMILES string of the molecule is CNc1ncc(S(=O)(=O)NCc2ccon2)cc1Cl. The van der Waals surface area contributed by atoms with Crippen LogP contribution in [0.2, 0.25) is 5.02 Å². The molecule has 0 radical (unpaired) electrons. The van der Waals surface area contributed by atoms with E-state index in [4.69, 9.17) is 11.6 Å². The van der Waals surface area contributed by atoms with E-state index in [1.165, 1.54) is 18.5 Å². The Morgan fingerprint density at radius 2 is 2.26 bits per heavy atom. The Balaban J connectivity index is 2.17. The van der Waals surface area contributed by atoms with Crippen LogP contribution >= 0.6 is 11.6 Å². The van der Waals surface area contributed by atoms with Gasteiger partial charge >= 0.3 is 0 Å². The fourth-order valence-corrected chi connectivity index (χ4v) is 2.63. The van der Waals surface area contributed by atoms with Crippen LogP contribution in [0.25, 0.3) is 0 Å². The van der Waals surface area contributed by atoms with E-state index >= 15 is 0 Å². The van der Waals surface area contributed by atoms with Gasteiger partial charge in [0.05, 0.1) is 17.3 Å². The van der Waals surface area contributed by atoms with Gasteiger partial charge in [0.25, 0.3) is 0 Å². The highest BCUT2D eigenvalue weighted by atomic mass is 35.5. The molecule has 0 aliphatic carbocycles. The van der Waals surface area contributed by atoms with E-state index in [1.54, 1.807) is 13.1 Å². The van der Waals surface area contributed by atoms with Crippen LogP contribution in [0, 0.1) is 0 Å². The lowest BCUT2D eigenvalue weighted by atomic mass is 10.4. The molecule has 0 aliphatic heterocycles. The van der Waals surface area contributed by atoms with Crippen molar-refractivity contribution in [3.8, 4) is 0 Å². The third-order valence-electron chi connectivity index (χ3n) is 2.30. The number of sulfonamides is 1. The van der Waals surface area contributed by atoms with Gasteiger partial charge in [-0.05, 0) is 6.07 Å². The van der Waals surface area contributed by atoms with Crippen LogP contribution in [-0.4, -0.2) is 25.6 Å². The smallest absolute Gasteiger partial charge is 0.242 e. The Morgan fingerprint density at radius 3 is 2.84 bits per heavy atom. The van der Waals surface area contributed by atoms with Crippen molar-refractivity contribution in [1.82, 2.24) is 14.9 Å². The molecule has 2 heterocycles. The maximum Gasteiger partial charge on any atom is 0.242 e. The second-order valence-corrected chi connectivity index (χ2v) is 5.74. The summed E-state index contributed by atoms with van der Waals surface area (Å²) in [6, 6.07) is 2.89. The van der Waals surface area contributed by atoms with Crippen molar-refractivity contribution in [2.24, 2.45) is 0 Å². The second kappa shape index (κ2) is 5.55. The first-order valence-electron chi connectivity index (χ1n) is 5.25. The molecule has 7 nitrogen and oxygen atoms in total. The van der Waals surface area contributed by atoms with Crippen molar-refractivity contribution in [2.45, 2.75) is 11.4 Å². The maximum atomic E-state index is 12.0. The Kier molecular flexibility index (Phi) is 4.03. The predicted molar refractivity (Wildman–Crippen MR) is 69.3 cm³/mol. The molecule has 9 heteroatoms. The normalized spacial score (nSPS) is 11.5. The third-order valence-corrected chi connectivity index (χ3v) is 3.95. The van der Waals surface area contributed by atoms with Crippen LogP contribution in [0.4, 0.5) is 5.82 Å². The molecule has 19 heavy (non-hydrogen) atoms. The molecule has 2 N–H and O–H groups in total. The number of halogens is 1. The van der Waals surface area contributed by atoms with Crippen molar-refractivity contribution < 1.29 is 12.9 Å². The van der Waals surface area contributed by atoms with E-state index in [0.717, 1.165) is 0 Å². The van der Waals surface area contributed by atoms with Gasteiger partial charge in [0.1, 0.15) is 17.0 Å². The zero-order valence-electron chi connectivity index (χ0n) is 9.92. The highest BCUT2D eigenvalue weighted by molar-refractivity contribution is 7.89. The summed E-state index contributed by atoms with van der Waals surface area (Å²) in [5.41, 5.74) is 0.481. The van der Waals surface area contributed by atoms with Crippen LogP contribution < -0.4 is 10.0 Å². The molecule has 0 aromatic carbocycles. The van der Waals surface area contributed by atoms with E-state index in [0.29, 0.717) is 11.5 Å². The molecule has 0 saturated carbocycles. The molecule has 0 saturated heterocycles. The van der Waals surface area contributed by atoms with Gasteiger partial charge in [0.15, 0.2) is 0 Å². The van der Waals surface area contributed by atoms with Crippen LogP contribution in [0.15, 0.2) is 34.0 Å². The number of hydrogen-bond acceptors (Lipinski definition) is 6. The van der Waals surface area contributed by atoms with Gasteiger partial charge in [0, 0.05) is 19.3 Å². The van der Waals surface area contributed by atoms with Crippen molar-refractivity contribution in [1.29, 1.82) is 0 Å². The minimum atomic E-state index is -3.69. The molecule has 2 aromatic rings. The average Bonchev–Trinajstić information content (AvgIpc) is 2.89. The minimum absolute atomic E-state index is 0.0139. The molecular weight excluding hydrogens is 292 g/mol. The van der Waals surface area contributed by atoms with Crippen molar-refractivity contribution >= 4 is 27.4 Å². The molecule has 0 atom stereocenters. The fourth-order valence-electron chi connectivity index (χ4n) is 1.33. The van der Waals surface area contributed by atoms with Crippen LogP contribution in [0.1, 0.15) is 5.69 Å². The van der Waals surface area contributed by atoms with E-state index < -0.39 is 10.0 Å². The average molecular weight is 303 g/mol. The molecule has 0 unspecified atom stereocenters. The summed E-state index contributed by atoms with van der Waals surface area (Å²) >= 11 is 5.89. The predicted octanol–water partition coefficient (Wildman–Crippen LogP) is 1.24. The third kappa shape index (κ3) is 3.22. The Labute approximate surface area is 115 Å². The molecule has 102 valence electrons. The Bertz CT molecular complexity index is 657. The van der Waals surface area contributed by atoms with Crippen LogP contribution in [-0.2, 0) is 16.6 Å². The Morgan fingerprint density at radius 1 is 1.47 bits per heavy atom. The summed E-state index contributed by atoms with van der Waals surface area (Å²) in [6.45, 7) is 0.0320. The van der Waals surface area contributed by atoms with Crippen LogP contribution in [0.3, 0.4) is 0 Å². The van der Waals surface area contributed by atoms with Gasteiger partial charge < -0.3 is 9.84 Å². The summed E-state index contributed by atoms with van der Waals surface area (Å²) in [5, 5.41) is 6.58. The number of nitrogens with one attached hydrogen (secondary N) is 2. The van der Waals surface area contributed by atoms with E-state index in [9.17, 15) is 8.42 Å². The quantitative estimate of drug-likeness (QED) is 0.862. The van der Waals surface area contributed by atoms with Gasteiger partial charge in [-0.25, -0.2) is 18.1 Å². The summed E-state index contributed by atoms with van der Waals surface area (Å²) in [7, 11) is -2.05. The number of hydrogen-bond donors (Lipinski definition) is 2.